The molecule has 2 fully saturated rings. The second kappa shape index (κ2) is 13.4. The minimum Gasteiger partial charge on any atom is -0.356 e. The van der Waals surface area contributed by atoms with Gasteiger partial charge in [-0.15, -0.1) is 24.0 Å². The van der Waals surface area contributed by atoms with E-state index in [9.17, 15) is 0 Å². The lowest BCUT2D eigenvalue weighted by molar-refractivity contribution is 0.172. The van der Waals surface area contributed by atoms with E-state index in [1.165, 1.54) is 51.1 Å². The van der Waals surface area contributed by atoms with E-state index in [-0.39, 0.29) is 24.0 Å². The quantitative estimate of drug-likeness (QED) is 0.272. The Labute approximate surface area is 194 Å². The van der Waals surface area contributed by atoms with Crippen LogP contribution in [0.1, 0.15) is 18.4 Å². The molecular weight excluding hydrogens is 475 g/mol. The maximum absolute atomic E-state index is 4.52. The molecule has 164 valence electrons. The van der Waals surface area contributed by atoms with Crippen LogP contribution in [-0.4, -0.2) is 105 Å². The summed E-state index contributed by atoms with van der Waals surface area (Å²) in [6.07, 6.45) is 2.47. The van der Waals surface area contributed by atoms with E-state index in [4.69, 9.17) is 0 Å². The predicted octanol–water partition coefficient (Wildman–Crippen LogP) is 2.03. The van der Waals surface area contributed by atoms with Gasteiger partial charge in [-0.05, 0) is 45.1 Å². The molecule has 7 heteroatoms. The minimum absolute atomic E-state index is 0. The van der Waals surface area contributed by atoms with Crippen LogP contribution in [0.2, 0.25) is 0 Å². The fraction of sp³-hybridized carbons (Fsp3) is 0.682. The molecule has 0 bridgehead atoms. The summed E-state index contributed by atoms with van der Waals surface area (Å²) in [5, 5.41) is 3.59. The van der Waals surface area contributed by atoms with Gasteiger partial charge in [-0.2, -0.15) is 0 Å². The number of likely N-dealkylation sites (N-methyl/N-ethyl adjacent to an activating group) is 1. The van der Waals surface area contributed by atoms with Gasteiger partial charge in [-0.3, -0.25) is 9.89 Å². The van der Waals surface area contributed by atoms with Crippen LogP contribution >= 0.6 is 24.0 Å². The molecule has 0 amide bonds. The van der Waals surface area contributed by atoms with Crippen LogP contribution in [0, 0.1) is 0 Å². The number of hydrogen-bond acceptors (Lipinski definition) is 4. The number of rotatable bonds is 6. The molecule has 0 saturated carbocycles. The van der Waals surface area contributed by atoms with E-state index in [0.717, 1.165) is 45.2 Å². The Morgan fingerprint density at radius 1 is 0.931 bits per heavy atom. The molecule has 0 aliphatic carbocycles. The van der Waals surface area contributed by atoms with Crippen molar-refractivity contribution in [2.75, 3.05) is 79.5 Å². The van der Waals surface area contributed by atoms with Crippen molar-refractivity contribution in [3.8, 4) is 0 Å². The van der Waals surface area contributed by atoms with E-state index in [1.54, 1.807) is 0 Å². The zero-order chi connectivity index (χ0) is 19.6. The predicted molar refractivity (Wildman–Crippen MR) is 133 cm³/mol. The molecule has 0 spiro atoms. The molecule has 29 heavy (non-hydrogen) atoms. The molecule has 1 aromatic rings. The molecule has 6 nitrogen and oxygen atoms in total. The minimum atomic E-state index is 0. The van der Waals surface area contributed by atoms with Crippen LogP contribution in [0.4, 0.5) is 0 Å². The third kappa shape index (κ3) is 8.39. The summed E-state index contributed by atoms with van der Waals surface area (Å²) in [4.78, 5) is 14.5. The highest BCUT2D eigenvalue weighted by Crippen LogP contribution is 2.08. The van der Waals surface area contributed by atoms with Gasteiger partial charge in [-0.1, -0.05) is 30.3 Å². The topological polar surface area (TPSA) is 37.4 Å². The van der Waals surface area contributed by atoms with Crippen molar-refractivity contribution in [3.63, 3.8) is 0 Å². The Morgan fingerprint density at radius 3 is 2.38 bits per heavy atom. The average Bonchev–Trinajstić information content (AvgIpc) is 2.94. The Morgan fingerprint density at radius 2 is 1.66 bits per heavy atom. The molecule has 1 N–H and O–H groups in total. The van der Waals surface area contributed by atoms with Crippen molar-refractivity contribution in [2.24, 2.45) is 4.99 Å². The van der Waals surface area contributed by atoms with E-state index in [0.29, 0.717) is 0 Å². The molecular formula is C22H39IN6. The maximum atomic E-state index is 4.52. The smallest absolute Gasteiger partial charge is 0.193 e. The first kappa shape index (κ1) is 24.4. The first-order valence-electron chi connectivity index (χ1n) is 10.9. The molecule has 0 atom stereocenters. The Hall–Kier alpha value is -0.900. The summed E-state index contributed by atoms with van der Waals surface area (Å²) in [6.45, 7) is 12.4. The molecule has 2 heterocycles. The van der Waals surface area contributed by atoms with Crippen molar-refractivity contribution in [3.05, 3.63) is 35.9 Å². The first-order chi connectivity index (χ1) is 13.7. The third-order valence-electron chi connectivity index (χ3n) is 5.88. The number of nitrogens with one attached hydrogen (secondary N) is 1. The highest BCUT2D eigenvalue weighted by atomic mass is 127. The van der Waals surface area contributed by atoms with Crippen molar-refractivity contribution in [2.45, 2.75) is 19.4 Å². The van der Waals surface area contributed by atoms with Crippen LogP contribution in [0.15, 0.2) is 35.3 Å². The zero-order valence-electron chi connectivity index (χ0n) is 18.2. The van der Waals surface area contributed by atoms with Gasteiger partial charge in [0.15, 0.2) is 5.96 Å². The van der Waals surface area contributed by atoms with Gasteiger partial charge in [0.05, 0.1) is 0 Å². The number of benzene rings is 1. The summed E-state index contributed by atoms with van der Waals surface area (Å²) in [6, 6.07) is 10.8. The van der Waals surface area contributed by atoms with Crippen molar-refractivity contribution in [1.82, 2.24) is 24.9 Å². The third-order valence-corrected chi connectivity index (χ3v) is 5.88. The van der Waals surface area contributed by atoms with Crippen LogP contribution in [0.3, 0.4) is 0 Å². The van der Waals surface area contributed by atoms with Crippen molar-refractivity contribution >= 4 is 29.9 Å². The summed E-state index contributed by atoms with van der Waals surface area (Å²) in [5.74, 6) is 1.06. The van der Waals surface area contributed by atoms with Crippen LogP contribution in [0.25, 0.3) is 0 Å². The van der Waals surface area contributed by atoms with Gasteiger partial charge < -0.3 is 20.0 Å². The Kier molecular flexibility index (Phi) is 11.3. The number of aliphatic imine (C=N–C) groups is 1. The summed E-state index contributed by atoms with van der Waals surface area (Å²) in [5.41, 5.74) is 1.40. The Balaban J connectivity index is 0.00000300. The number of piperazine rings is 1. The lowest BCUT2D eigenvalue weighted by Gasteiger charge is -2.36. The largest absolute Gasteiger partial charge is 0.356 e. The summed E-state index contributed by atoms with van der Waals surface area (Å²) >= 11 is 0. The molecule has 0 radical (unpaired) electrons. The van der Waals surface area contributed by atoms with Crippen LogP contribution in [0.5, 0.6) is 0 Å². The van der Waals surface area contributed by atoms with Crippen LogP contribution in [-0.2, 0) is 6.54 Å². The lowest BCUT2D eigenvalue weighted by atomic mass is 10.2. The lowest BCUT2D eigenvalue weighted by Crippen LogP contribution is -2.52. The summed E-state index contributed by atoms with van der Waals surface area (Å²) in [7, 11) is 4.14. The maximum Gasteiger partial charge on any atom is 0.193 e. The second-order valence-electron chi connectivity index (χ2n) is 8.07. The molecule has 1 aromatic carbocycles. The van der Waals surface area contributed by atoms with Crippen LogP contribution < -0.4 is 5.32 Å². The summed E-state index contributed by atoms with van der Waals surface area (Å²) < 4.78 is 0. The monoisotopic (exact) mass is 514 g/mol. The molecule has 2 saturated heterocycles. The van der Waals surface area contributed by atoms with Gasteiger partial charge in [0.25, 0.3) is 0 Å². The van der Waals surface area contributed by atoms with E-state index < -0.39 is 0 Å². The number of halogens is 1. The van der Waals surface area contributed by atoms with Gasteiger partial charge in [0.1, 0.15) is 0 Å². The SMILES string of the molecule is CN=C(NCCCN1CCCN(C)CC1)N1CCN(Cc2ccccc2)CC1.I. The number of guanidine groups is 1. The zero-order valence-corrected chi connectivity index (χ0v) is 20.6. The fourth-order valence-corrected chi connectivity index (χ4v) is 4.12. The van der Waals surface area contributed by atoms with E-state index in [1.807, 2.05) is 7.05 Å². The number of nitrogens with zero attached hydrogens (tertiary/aromatic N) is 5. The first-order valence-corrected chi connectivity index (χ1v) is 10.9. The van der Waals surface area contributed by atoms with Crippen molar-refractivity contribution < 1.29 is 0 Å². The number of hydrogen-bond donors (Lipinski definition) is 1. The molecule has 2 aliphatic heterocycles. The molecule has 2 aliphatic rings. The van der Waals surface area contributed by atoms with E-state index >= 15 is 0 Å². The normalized spacial score (nSPS) is 20.2. The van der Waals surface area contributed by atoms with Gasteiger partial charge >= 0.3 is 0 Å². The van der Waals surface area contributed by atoms with Gasteiger partial charge in [-0.25, -0.2) is 0 Å². The standard InChI is InChI=1S/C22H38N6.HI/c1-23-22(24-10-6-12-26-13-7-11-25(2)14-15-26)28-18-16-27(17-19-28)20-21-8-4-3-5-9-21;/h3-5,8-9H,6-7,10-20H2,1-2H3,(H,23,24);1H. The highest BCUT2D eigenvalue weighted by molar-refractivity contribution is 14.0. The van der Waals surface area contributed by atoms with Gasteiger partial charge in [0.2, 0.25) is 0 Å². The van der Waals surface area contributed by atoms with E-state index in [2.05, 4.69) is 67.3 Å². The Bertz CT molecular complexity index is 588. The van der Waals surface area contributed by atoms with Gasteiger partial charge in [0, 0.05) is 59.4 Å². The molecule has 0 aromatic heterocycles. The molecule has 0 unspecified atom stereocenters. The molecule has 3 rings (SSSR count). The highest BCUT2D eigenvalue weighted by Gasteiger charge is 2.19. The average molecular weight is 515 g/mol. The fourth-order valence-electron chi connectivity index (χ4n) is 4.12. The second-order valence-corrected chi connectivity index (χ2v) is 8.07. The van der Waals surface area contributed by atoms with Crippen molar-refractivity contribution in [1.29, 1.82) is 0 Å².